The van der Waals surface area contributed by atoms with Crippen molar-refractivity contribution in [2.45, 2.75) is 137 Å². The van der Waals surface area contributed by atoms with Crippen LogP contribution in [0.15, 0.2) is 23.8 Å². The fourth-order valence-electron chi connectivity index (χ4n) is 10.4. The number of carbonyl (C=O) groups is 3. The molecule has 42 heavy (non-hydrogen) atoms. The Labute approximate surface area is 252 Å². The zero-order valence-corrected chi connectivity index (χ0v) is 27.3. The molecule has 0 unspecified atom stereocenters. The molecule has 1 heterocycles. The van der Waals surface area contributed by atoms with Gasteiger partial charge in [0, 0.05) is 25.2 Å². The molecule has 0 aromatic carbocycles. The van der Waals surface area contributed by atoms with Crippen molar-refractivity contribution < 1.29 is 33.3 Å². The molecule has 5 rings (SSSR count). The van der Waals surface area contributed by atoms with Crippen molar-refractivity contribution in [3.05, 3.63) is 23.8 Å². The lowest BCUT2D eigenvalue weighted by molar-refractivity contribution is -0.203. The van der Waals surface area contributed by atoms with E-state index in [1.807, 2.05) is 0 Å². The van der Waals surface area contributed by atoms with E-state index < -0.39 is 28.6 Å². The molecular weight excluding hydrogens is 532 g/mol. The number of carbonyl (C=O) groups excluding carboxylic acids is 3. The highest BCUT2D eigenvalue weighted by molar-refractivity contribution is 5.78. The maximum absolute atomic E-state index is 13.5. The quantitative estimate of drug-likeness (QED) is 0.198. The minimum atomic E-state index is -0.557. The van der Waals surface area contributed by atoms with Crippen LogP contribution < -0.4 is 0 Å². The van der Waals surface area contributed by atoms with Crippen LogP contribution in [0.25, 0.3) is 0 Å². The molecule has 0 aromatic heterocycles. The molecule has 0 aromatic rings. The Morgan fingerprint density at radius 3 is 2.19 bits per heavy atom. The van der Waals surface area contributed by atoms with E-state index in [9.17, 15) is 14.4 Å². The predicted molar refractivity (Wildman–Crippen MR) is 159 cm³/mol. The van der Waals surface area contributed by atoms with Crippen molar-refractivity contribution in [2.24, 2.45) is 33.5 Å². The van der Waals surface area contributed by atoms with Crippen molar-refractivity contribution in [3.8, 4) is 0 Å². The Morgan fingerprint density at radius 1 is 0.929 bits per heavy atom. The lowest BCUT2D eigenvalue weighted by Crippen LogP contribution is -2.60. The van der Waals surface area contributed by atoms with E-state index in [1.165, 1.54) is 26.5 Å². The summed E-state index contributed by atoms with van der Waals surface area (Å²) < 4.78 is 24.0. The van der Waals surface area contributed by atoms with Crippen LogP contribution in [-0.2, 0) is 33.3 Å². The van der Waals surface area contributed by atoms with Gasteiger partial charge in [-0.25, -0.2) is 0 Å². The second-order valence-electron chi connectivity index (χ2n) is 15.9. The number of methoxy groups -OCH3 is 1. The van der Waals surface area contributed by atoms with Gasteiger partial charge in [-0.3, -0.25) is 14.4 Å². The molecule has 8 atom stereocenters. The first kappa shape index (κ1) is 31.3. The van der Waals surface area contributed by atoms with Crippen LogP contribution in [0.4, 0.5) is 0 Å². The summed E-state index contributed by atoms with van der Waals surface area (Å²) in [6, 6.07) is 0. The Hall–Kier alpha value is -2.15. The minimum Gasteiger partial charge on any atom is -0.469 e. The molecule has 234 valence electrons. The first-order valence-corrected chi connectivity index (χ1v) is 15.9. The SMILES string of the molecule is C=C1CC[C@H]2C(C)(C)[C@@H](OC(C)=O)[C@H](OC(C)=O)C[C@]2(C)/C1=C/C[C@]12O[C@@]1(C)CC[C@@]1(C(=O)OC)CCC(C)(C)C[C@H]12. The summed E-state index contributed by atoms with van der Waals surface area (Å²) in [5.74, 6) is -0.567. The average Bonchev–Trinajstić information content (AvgIpc) is 3.50. The number of hydrogen-bond donors (Lipinski definition) is 0. The molecule has 5 aliphatic rings. The number of epoxide rings is 1. The minimum absolute atomic E-state index is 0.0715. The van der Waals surface area contributed by atoms with Gasteiger partial charge in [-0.2, -0.15) is 0 Å². The summed E-state index contributed by atoms with van der Waals surface area (Å²) in [5, 5.41) is 0. The zero-order chi connectivity index (χ0) is 31.1. The molecule has 0 radical (unpaired) electrons. The largest absolute Gasteiger partial charge is 0.469 e. The Kier molecular flexibility index (Phi) is 7.40. The second kappa shape index (κ2) is 9.93. The smallest absolute Gasteiger partial charge is 0.312 e. The van der Waals surface area contributed by atoms with E-state index in [0.717, 1.165) is 50.5 Å². The topological polar surface area (TPSA) is 91.4 Å². The maximum atomic E-state index is 13.5. The van der Waals surface area contributed by atoms with Crippen molar-refractivity contribution in [1.29, 1.82) is 0 Å². The van der Waals surface area contributed by atoms with Crippen LogP contribution in [0.2, 0.25) is 0 Å². The summed E-state index contributed by atoms with van der Waals surface area (Å²) in [6.07, 6.45) is 8.70. The van der Waals surface area contributed by atoms with E-state index in [4.69, 9.17) is 18.9 Å². The Bertz CT molecular complexity index is 1210. The molecule has 4 aliphatic carbocycles. The van der Waals surface area contributed by atoms with Gasteiger partial charge in [0.25, 0.3) is 0 Å². The van der Waals surface area contributed by atoms with Gasteiger partial charge in [0.2, 0.25) is 0 Å². The van der Waals surface area contributed by atoms with Gasteiger partial charge in [-0.05, 0) is 87.0 Å². The Balaban J connectivity index is 1.54. The van der Waals surface area contributed by atoms with Crippen LogP contribution >= 0.6 is 0 Å². The van der Waals surface area contributed by atoms with Crippen molar-refractivity contribution in [2.75, 3.05) is 7.11 Å². The van der Waals surface area contributed by atoms with Crippen molar-refractivity contribution in [3.63, 3.8) is 0 Å². The molecule has 5 fully saturated rings. The van der Waals surface area contributed by atoms with Crippen molar-refractivity contribution in [1.82, 2.24) is 0 Å². The molecule has 4 saturated carbocycles. The van der Waals surface area contributed by atoms with E-state index in [2.05, 4.69) is 54.2 Å². The fraction of sp³-hybridized carbons (Fsp3) is 0.800. The number of hydrogen-bond acceptors (Lipinski definition) is 7. The maximum Gasteiger partial charge on any atom is 0.312 e. The molecule has 0 amide bonds. The van der Waals surface area contributed by atoms with Gasteiger partial charge in [0.15, 0.2) is 0 Å². The average molecular weight is 585 g/mol. The van der Waals surface area contributed by atoms with Gasteiger partial charge < -0.3 is 18.9 Å². The third-order valence-electron chi connectivity index (χ3n) is 12.4. The predicted octanol–water partition coefficient (Wildman–Crippen LogP) is 6.88. The molecule has 7 heteroatoms. The summed E-state index contributed by atoms with van der Waals surface area (Å²) in [4.78, 5) is 37.8. The number of ether oxygens (including phenoxy) is 4. The lowest BCUT2D eigenvalue weighted by atomic mass is 9.47. The van der Waals surface area contributed by atoms with Gasteiger partial charge >= 0.3 is 17.9 Å². The molecule has 1 saturated heterocycles. The first-order chi connectivity index (χ1) is 19.4. The summed E-state index contributed by atoms with van der Waals surface area (Å²) in [7, 11) is 1.52. The molecule has 0 bridgehead atoms. The lowest BCUT2D eigenvalue weighted by Gasteiger charge is -2.59. The molecule has 1 aliphatic heterocycles. The number of esters is 3. The number of rotatable bonds is 5. The second-order valence-corrected chi connectivity index (χ2v) is 15.9. The highest BCUT2D eigenvalue weighted by Gasteiger charge is 2.78. The zero-order valence-electron chi connectivity index (χ0n) is 27.3. The summed E-state index contributed by atoms with van der Waals surface area (Å²) >= 11 is 0. The molecule has 7 nitrogen and oxygen atoms in total. The van der Waals surface area contributed by atoms with Gasteiger partial charge in [-0.1, -0.05) is 52.8 Å². The van der Waals surface area contributed by atoms with Gasteiger partial charge in [-0.15, -0.1) is 0 Å². The highest BCUT2D eigenvalue weighted by atomic mass is 16.6. The normalized spacial score (nSPS) is 44.2. The standard InChI is InChI=1S/C35H52O7/c1-21-11-12-26-31(6,7)28(41-23(3)37)25(40-22(2)36)19-32(26,8)24(21)13-14-35-27-20-30(4,5)15-17-34(27,29(38)39-10)18-16-33(35,9)42-35/h13,25-28H,1,11-12,14-20H2,2-10H3/b24-13+/t25-,26+,27-,28+,32-,33+,34+,35-/m1/s1. The van der Waals surface area contributed by atoms with E-state index >= 15 is 0 Å². The number of allylic oxidation sites excluding steroid dienone is 2. The summed E-state index contributed by atoms with van der Waals surface area (Å²) in [6.45, 7) is 20.7. The third kappa shape index (κ3) is 4.59. The first-order valence-electron chi connectivity index (χ1n) is 15.9. The monoisotopic (exact) mass is 584 g/mol. The molecule has 0 N–H and O–H groups in total. The van der Waals surface area contributed by atoms with Crippen LogP contribution in [-0.4, -0.2) is 48.4 Å². The Morgan fingerprint density at radius 2 is 1.57 bits per heavy atom. The molecular formula is C35H52O7. The van der Waals surface area contributed by atoms with Crippen LogP contribution in [0, 0.1) is 33.5 Å². The van der Waals surface area contributed by atoms with Crippen LogP contribution in [0.1, 0.15) is 113 Å². The number of fused-ring (bicyclic) bond motifs is 4. The van der Waals surface area contributed by atoms with E-state index in [0.29, 0.717) is 12.8 Å². The van der Waals surface area contributed by atoms with Crippen molar-refractivity contribution >= 4 is 17.9 Å². The van der Waals surface area contributed by atoms with E-state index in [-0.39, 0.29) is 46.2 Å². The van der Waals surface area contributed by atoms with Crippen LogP contribution in [0.5, 0.6) is 0 Å². The summed E-state index contributed by atoms with van der Waals surface area (Å²) in [5.41, 5.74) is 0.428. The molecule has 0 spiro atoms. The highest BCUT2D eigenvalue weighted by Crippen LogP contribution is 2.72. The van der Waals surface area contributed by atoms with Gasteiger partial charge in [0.05, 0.1) is 18.1 Å². The third-order valence-corrected chi connectivity index (χ3v) is 12.4. The van der Waals surface area contributed by atoms with Gasteiger partial charge in [0.1, 0.15) is 17.8 Å². The van der Waals surface area contributed by atoms with E-state index in [1.54, 1.807) is 0 Å². The van der Waals surface area contributed by atoms with Crippen LogP contribution in [0.3, 0.4) is 0 Å². The fourth-order valence-corrected chi connectivity index (χ4v) is 10.4.